The Morgan fingerprint density at radius 2 is 1.55 bits per heavy atom. The molecule has 0 rings (SSSR count). The molecule has 0 unspecified atom stereocenters. The van der Waals surface area contributed by atoms with Gasteiger partial charge in [0.15, 0.2) is 0 Å². The van der Waals surface area contributed by atoms with Crippen molar-refractivity contribution >= 4 is 6.98 Å². The maximum absolute atomic E-state index is 11.7. The van der Waals surface area contributed by atoms with Crippen LogP contribution in [0.2, 0.25) is 0 Å². The van der Waals surface area contributed by atoms with Crippen LogP contribution in [0.3, 0.4) is 0 Å². The van der Waals surface area contributed by atoms with Crippen molar-refractivity contribution < 1.29 is 64.3 Å². The van der Waals surface area contributed by atoms with Crippen molar-refractivity contribution in [2.45, 2.75) is 26.7 Å². The van der Waals surface area contributed by atoms with Gasteiger partial charge in [-0.25, -0.2) is 0 Å². The van der Waals surface area contributed by atoms with Gasteiger partial charge in [-0.05, 0) is 12.8 Å². The van der Waals surface area contributed by atoms with Gasteiger partial charge in [-0.2, -0.15) is 0 Å². The van der Waals surface area contributed by atoms with E-state index in [0.717, 1.165) is 0 Å². The van der Waals surface area contributed by atoms with E-state index in [1.165, 1.54) is 0 Å². The molecule has 0 aliphatic carbocycles. The Labute approximate surface area is 108 Å². The molecular formula is C6H11BF3K. The van der Waals surface area contributed by atoms with Crippen LogP contribution in [0, 0.1) is 0 Å². The van der Waals surface area contributed by atoms with E-state index in [9.17, 15) is 12.9 Å². The van der Waals surface area contributed by atoms with Gasteiger partial charge in [0, 0.05) is 0 Å². The molecule has 0 radical (unpaired) electrons. The van der Waals surface area contributed by atoms with Crippen molar-refractivity contribution in [3.8, 4) is 0 Å². The first-order chi connectivity index (χ1) is 4.49. The second kappa shape index (κ2) is 6.72. The van der Waals surface area contributed by atoms with Crippen LogP contribution in [0.4, 0.5) is 12.9 Å². The fourth-order valence-electron chi connectivity index (χ4n) is 0.753. The van der Waals surface area contributed by atoms with Gasteiger partial charge < -0.3 is 12.9 Å². The van der Waals surface area contributed by atoms with Gasteiger partial charge in [-0.1, -0.05) is 13.8 Å². The molecule has 0 atom stereocenters. The van der Waals surface area contributed by atoms with Crippen LogP contribution >= 0.6 is 0 Å². The summed E-state index contributed by atoms with van der Waals surface area (Å²) in [6.07, 6.45) is 0.996. The van der Waals surface area contributed by atoms with Crippen molar-refractivity contribution in [1.29, 1.82) is 0 Å². The van der Waals surface area contributed by atoms with E-state index < -0.39 is 6.98 Å². The molecule has 60 valence electrons. The maximum Gasteiger partial charge on any atom is 1.00 e. The summed E-state index contributed by atoms with van der Waals surface area (Å²) in [4.78, 5) is 0. The van der Waals surface area contributed by atoms with Gasteiger partial charge in [0.1, 0.15) is 0 Å². The number of rotatable bonds is 3. The van der Waals surface area contributed by atoms with Crippen molar-refractivity contribution in [2.75, 3.05) is 0 Å². The first-order valence-corrected chi connectivity index (χ1v) is 3.40. The zero-order valence-electron chi connectivity index (χ0n) is 7.20. The summed E-state index contributed by atoms with van der Waals surface area (Å²) in [6, 6.07) is 0. The SMILES string of the molecule is CCC(=C[B-](F)(F)F)CC.[K+]. The van der Waals surface area contributed by atoms with E-state index >= 15 is 0 Å². The van der Waals surface area contributed by atoms with Crippen LogP contribution < -0.4 is 51.4 Å². The topological polar surface area (TPSA) is 0 Å². The predicted octanol–water partition coefficient (Wildman–Crippen LogP) is 0.123. The van der Waals surface area contributed by atoms with Gasteiger partial charge in [0.2, 0.25) is 0 Å². The maximum atomic E-state index is 11.7. The van der Waals surface area contributed by atoms with Crippen LogP contribution in [0.5, 0.6) is 0 Å². The first kappa shape index (κ1) is 14.7. The van der Waals surface area contributed by atoms with E-state index in [1.54, 1.807) is 13.8 Å². The number of halogens is 3. The Kier molecular flexibility index (Phi) is 9.00. The normalized spacial score (nSPS) is 10.3. The summed E-state index contributed by atoms with van der Waals surface area (Å²) in [5.41, 5.74) is 0.479. The molecule has 0 spiro atoms. The van der Waals surface area contributed by atoms with Crippen LogP contribution in [0.1, 0.15) is 26.7 Å². The second-order valence-electron chi connectivity index (χ2n) is 2.16. The van der Waals surface area contributed by atoms with E-state index in [4.69, 9.17) is 0 Å². The Hall–Kier alpha value is 1.23. The molecule has 11 heavy (non-hydrogen) atoms. The summed E-state index contributed by atoms with van der Waals surface area (Å²) in [7, 11) is 0. The monoisotopic (exact) mass is 190 g/mol. The van der Waals surface area contributed by atoms with Gasteiger partial charge in [-0.15, -0.1) is 11.5 Å². The molecule has 0 amide bonds. The third-order valence-electron chi connectivity index (χ3n) is 1.33. The minimum Gasteiger partial charge on any atom is -0.445 e. The van der Waals surface area contributed by atoms with Gasteiger partial charge in [0.05, 0.1) is 0 Å². The van der Waals surface area contributed by atoms with Crippen molar-refractivity contribution in [3.63, 3.8) is 0 Å². The molecule has 0 aromatic carbocycles. The molecule has 0 fully saturated rings. The third-order valence-corrected chi connectivity index (χ3v) is 1.33. The Balaban J connectivity index is 0. The van der Waals surface area contributed by atoms with Crippen LogP contribution in [0.25, 0.3) is 0 Å². The average Bonchev–Trinajstić information content (AvgIpc) is 1.81. The van der Waals surface area contributed by atoms with E-state index in [-0.39, 0.29) is 51.4 Å². The fraction of sp³-hybridized carbons (Fsp3) is 0.667. The fourth-order valence-corrected chi connectivity index (χ4v) is 0.753. The van der Waals surface area contributed by atoms with Gasteiger partial charge >= 0.3 is 58.4 Å². The minimum atomic E-state index is -4.72. The Morgan fingerprint density at radius 3 is 1.64 bits per heavy atom. The predicted molar refractivity (Wildman–Crippen MR) is 37.7 cm³/mol. The van der Waals surface area contributed by atoms with Gasteiger partial charge in [-0.3, -0.25) is 0 Å². The van der Waals surface area contributed by atoms with Crippen molar-refractivity contribution in [2.24, 2.45) is 0 Å². The molecular weight excluding hydrogens is 179 g/mol. The Bertz CT molecular complexity index is 124. The average molecular weight is 190 g/mol. The third kappa shape index (κ3) is 9.14. The van der Waals surface area contributed by atoms with Crippen LogP contribution in [-0.4, -0.2) is 6.98 Å². The summed E-state index contributed by atoms with van der Waals surface area (Å²) in [6.45, 7) is -1.25. The smallest absolute Gasteiger partial charge is 0.445 e. The van der Waals surface area contributed by atoms with Crippen molar-refractivity contribution in [1.82, 2.24) is 0 Å². The molecule has 0 bridgehead atoms. The standard InChI is InChI=1S/C6H11BF3.K/c1-3-6(4-2)5-7(8,9)10;/h5H,3-4H2,1-2H3;/q-1;+1. The summed E-state index contributed by atoms with van der Waals surface area (Å²) in [5.74, 6) is 0.444. The molecule has 0 saturated heterocycles. The first-order valence-electron chi connectivity index (χ1n) is 3.40. The summed E-state index contributed by atoms with van der Waals surface area (Å²) in [5, 5.41) is 0. The number of allylic oxidation sites excluding steroid dienone is 1. The largest absolute Gasteiger partial charge is 1.00 e. The molecule has 0 heterocycles. The molecule has 0 aliphatic rings. The molecule has 0 aromatic heterocycles. The summed E-state index contributed by atoms with van der Waals surface area (Å²) >= 11 is 0. The van der Waals surface area contributed by atoms with E-state index in [2.05, 4.69) is 0 Å². The molecule has 0 N–H and O–H groups in total. The van der Waals surface area contributed by atoms with Crippen molar-refractivity contribution in [3.05, 3.63) is 11.5 Å². The molecule has 0 nitrogen and oxygen atoms in total. The molecule has 0 aliphatic heterocycles. The molecule has 0 saturated carbocycles. The number of hydrogen-bond donors (Lipinski definition) is 0. The van der Waals surface area contributed by atoms with E-state index in [1.807, 2.05) is 0 Å². The minimum absolute atomic E-state index is 0. The summed E-state index contributed by atoms with van der Waals surface area (Å²) < 4.78 is 35.0. The zero-order valence-corrected chi connectivity index (χ0v) is 10.3. The molecule has 5 heteroatoms. The van der Waals surface area contributed by atoms with Crippen LogP contribution in [0.15, 0.2) is 11.5 Å². The van der Waals surface area contributed by atoms with Gasteiger partial charge in [0.25, 0.3) is 0 Å². The number of hydrogen-bond acceptors (Lipinski definition) is 0. The quantitative estimate of drug-likeness (QED) is 0.554. The zero-order chi connectivity index (χ0) is 8.20. The molecule has 0 aromatic rings. The van der Waals surface area contributed by atoms with Crippen LogP contribution in [-0.2, 0) is 0 Å². The second-order valence-corrected chi connectivity index (χ2v) is 2.16. The van der Waals surface area contributed by atoms with E-state index in [0.29, 0.717) is 24.4 Å². The Morgan fingerprint density at radius 1 is 1.18 bits per heavy atom.